The van der Waals surface area contributed by atoms with Crippen molar-refractivity contribution in [3.63, 3.8) is 0 Å². The van der Waals surface area contributed by atoms with Crippen molar-refractivity contribution in [2.24, 2.45) is 28.9 Å². The molecule has 658 valence electrons. The van der Waals surface area contributed by atoms with Crippen molar-refractivity contribution in [2.75, 3.05) is 19.6 Å². The molecule has 0 fully saturated rings. The first kappa shape index (κ1) is 101. The fraction of sp³-hybridized carbons (Fsp3) is 0.514. The maximum Gasteiger partial charge on any atom is 0.524 e. The maximum absolute atomic E-state index is 14.9. The van der Waals surface area contributed by atoms with Gasteiger partial charge in [-0.2, -0.15) is 0 Å². The Labute approximate surface area is 681 Å². The Morgan fingerprint density at radius 2 is 0.748 bits per heavy atom. The number of benzene rings is 3. The number of phenolic OH excluding ortho intramolecular Hbond substituents is 2. The molecule has 0 radical (unpaired) electrons. The fourth-order valence-corrected chi connectivity index (χ4v) is 11.7. The van der Waals surface area contributed by atoms with E-state index in [0.29, 0.717) is 6.42 Å². The van der Waals surface area contributed by atoms with E-state index in [2.05, 4.69) is 73.6 Å². The molecule has 46 nitrogen and oxygen atoms in total. The second-order valence-corrected chi connectivity index (χ2v) is 29.0. The van der Waals surface area contributed by atoms with E-state index in [1.54, 1.807) is 6.92 Å². The van der Waals surface area contributed by atoms with Crippen LogP contribution in [0.2, 0.25) is 0 Å². The summed E-state index contributed by atoms with van der Waals surface area (Å²) >= 11 is 0. The number of nitrogens with two attached hydrogens (primary N) is 4. The summed E-state index contributed by atoms with van der Waals surface area (Å²) in [5, 5.41) is 127. The number of aliphatic carboxylic acids is 4. The Morgan fingerprint density at radius 3 is 1.13 bits per heavy atom. The van der Waals surface area contributed by atoms with E-state index in [1.165, 1.54) is 74.5 Å². The van der Waals surface area contributed by atoms with Crippen molar-refractivity contribution in [3.05, 3.63) is 89.5 Å². The van der Waals surface area contributed by atoms with E-state index in [-0.39, 0.29) is 92.8 Å². The first-order valence-corrected chi connectivity index (χ1v) is 38.9. The van der Waals surface area contributed by atoms with Crippen LogP contribution in [0.3, 0.4) is 0 Å². The maximum atomic E-state index is 14.9. The van der Waals surface area contributed by atoms with Gasteiger partial charge in [-0.15, -0.1) is 0 Å². The molecule has 33 N–H and O–H groups in total. The molecule has 119 heavy (non-hydrogen) atoms. The van der Waals surface area contributed by atoms with E-state index in [1.807, 2.05) is 0 Å². The number of carbonyl (C=O) groups is 15. The van der Waals surface area contributed by atoms with E-state index in [9.17, 15) is 127 Å². The van der Waals surface area contributed by atoms with Crippen molar-refractivity contribution in [1.82, 2.24) is 69.1 Å². The molecule has 11 amide bonds. The van der Waals surface area contributed by atoms with E-state index in [0.717, 1.165) is 19.1 Å². The first-order valence-electron chi connectivity index (χ1n) is 37.4. The first-order chi connectivity index (χ1) is 55.8. The van der Waals surface area contributed by atoms with Crippen LogP contribution in [0, 0.1) is 16.7 Å². The standard InChI is InChI=1S/C72H108N19O27P/c1-5-35(2)57(90-66(109)52(34-55(100)101)87-60(103)45(12-9-29-80-72(77)78)83-67(110)56(74)36(3)92)68(111)88-50(31-39-15-21-42(95)22-16-39)63(106)82-46(25-26-53(96)97)61(104)91-58(37(4)93)69(112)89-51(33-54(98)99)65(108)86-49(32-40-17-23-43(24-18-40)118-119(115,116)117)64(107)85-48(30-38-13-19-41(94)20-14-38)62(105)81-44(11-8-28-79-71(75)76)59(102)84-47(70(113)114)10-6-7-27-73/h13-24,35-37,44-52,56-58,92-95H,5-12,25-34,73-74H2,1-4H3,(H,81,105)(H,82,106)(H,83,110)(H,84,102)(H,85,107)(H,86,108)(H,87,103)(H,88,111)(H,89,112)(H,90,109)(H,91,104)(H,96,97)(H,98,99)(H,100,101)(H,113,114)(H4,75,76,79)(H4,77,78,80)(H2,115,116,117)/t35-,36+,37+,44+,45-,46-,47+,48+,49-,50-,51-,52-,56-,57-,58-/m0/s1. The number of carboxylic acid groups (broad SMARTS) is 4. The Morgan fingerprint density at radius 1 is 0.420 bits per heavy atom. The van der Waals surface area contributed by atoms with Gasteiger partial charge in [0.25, 0.3) is 0 Å². The predicted molar refractivity (Wildman–Crippen MR) is 419 cm³/mol. The van der Waals surface area contributed by atoms with Gasteiger partial charge in [0.2, 0.25) is 65.0 Å². The van der Waals surface area contributed by atoms with Gasteiger partial charge in [0.05, 0.1) is 25.0 Å². The monoisotopic (exact) mass is 1700 g/mol. The molecule has 0 aliphatic rings. The number of aliphatic hydroxyl groups is 2. The number of carbonyl (C=O) groups excluding carboxylic acids is 11. The number of hydrogen-bond acceptors (Lipinski definition) is 25. The molecule has 15 atom stereocenters. The van der Waals surface area contributed by atoms with Crippen molar-refractivity contribution >= 4 is 109 Å². The highest BCUT2D eigenvalue weighted by Crippen LogP contribution is 2.37. The van der Waals surface area contributed by atoms with Gasteiger partial charge in [-0.25, -0.2) is 9.36 Å². The average molecular weight is 1700 g/mol. The predicted octanol–water partition coefficient (Wildman–Crippen LogP) is -6.38. The molecule has 0 aromatic heterocycles. The second kappa shape index (κ2) is 50.3. The fourth-order valence-electron chi connectivity index (χ4n) is 11.3. The summed E-state index contributed by atoms with van der Waals surface area (Å²) in [5.74, 6) is -23.0. The molecule has 0 saturated heterocycles. The van der Waals surface area contributed by atoms with Gasteiger partial charge in [0.15, 0.2) is 11.9 Å². The number of guanidine groups is 2. The van der Waals surface area contributed by atoms with Crippen LogP contribution in [0.25, 0.3) is 0 Å². The highest BCUT2D eigenvalue weighted by atomic mass is 31.2. The molecular weight excluding hydrogens is 1590 g/mol. The van der Waals surface area contributed by atoms with Gasteiger partial charge in [0.1, 0.15) is 89.8 Å². The number of amides is 11. The minimum Gasteiger partial charge on any atom is -0.508 e. The molecule has 0 aliphatic carbocycles. The van der Waals surface area contributed by atoms with Gasteiger partial charge in [0, 0.05) is 38.8 Å². The summed E-state index contributed by atoms with van der Waals surface area (Å²) < 4.78 is 16.3. The Hall–Kier alpha value is -12.4. The number of rotatable bonds is 54. The molecule has 0 heterocycles. The molecule has 3 aromatic rings. The lowest BCUT2D eigenvalue weighted by Gasteiger charge is -2.30. The summed E-state index contributed by atoms with van der Waals surface area (Å²) in [6.07, 6.45) is -9.18. The van der Waals surface area contributed by atoms with Gasteiger partial charge in [-0.1, -0.05) is 56.7 Å². The number of phosphoric ester groups is 1. The zero-order valence-corrected chi connectivity index (χ0v) is 66.4. The van der Waals surface area contributed by atoms with E-state index < -0.39 is 250 Å². The lowest BCUT2D eigenvalue weighted by Crippen LogP contribution is -2.63. The van der Waals surface area contributed by atoms with Gasteiger partial charge >= 0.3 is 31.7 Å². The number of aromatic hydroxyl groups is 2. The van der Waals surface area contributed by atoms with Crippen LogP contribution in [0.4, 0.5) is 0 Å². The van der Waals surface area contributed by atoms with Gasteiger partial charge < -0.3 is 137 Å². The van der Waals surface area contributed by atoms with Crippen LogP contribution in [0.5, 0.6) is 17.2 Å². The zero-order valence-electron chi connectivity index (χ0n) is 65.5. The summed E-state index contributed by atoms with van der Waals surface area (Å²) in [6, 6.07) is -7.69. The minimum atomic E-state index is -5.16. The number of hydrogen-bond donors (Lipinski definition) is 29. The number of carboxylic acids is 4. The van der Waals surface area contributed by atoms with Gasteiger partial charge in [-0.05, 0) is 131 Å². The quantitative estimate of drug-likeness (QED) is 0.0108. The number of phosphoric acid groups is 1. The largest absolute Gasteiger partial charge is 0.524 e. The Balaban J connectivity index is 2.12. The Bertz CT molecular complexity index is 4050. The SMILES string of the molecule is CC[C@H](C)[C@H](NC(=O)[C@H](CC(=O)O)NC(=O)[C@H](CCCNC(=N)N)NC(=O)[C@@H](N)[C@@H](C)O)C(=O)N[C@@H](Cc1ccc(O)cc1)C(=O)N[C@@H](CCC(=O)O)C(=O)N[C@H](C(=O)N[C@@H](CC(=O)O)C(=O)N[C@@H](Cc1ccc(OP(=O)(O)O)cc1)C(=O)N[C@H](Cc1ccc(O)cc1)C(=O)N[C@H](CCCNC(=N)N)C(=O)N[C@H](CCCCN)C(=O)O)[C@@H](C)O. The van der Waals surface area contributed by atoms with Crippen molar-refractivity contribution < 1.29 is 132 Å². The third-order valence-corrected chi connectivity index (χ3v) is 18.5. The smallest absolute Gasteiger partial charge is 0.508 e. The molecule has 0 saturated carbocycles. The van der Waals surface area contributed by atoms with E-state index >= 15 is 0 Å². The highest BCUT2D eigenvalue weighted by molar-refractivity contribution is 7.46. The third kappa shape index (κ3) is 38.1. The Kier molecular flexibility index (Phi) is 42.6. The molecule has 47 heteroatoms. The van der Waals surface area contributed by atoms with Crippen LogP contribution in [-0.4, -0.2) is 256 Å². The molecule has 0 aliphatic heterocycles. The normalized spacial score (nSPS) is 14.9. The van der Waals surface area contributed by atoms with Crippen LogP contribution >= 0.6 is 7.82 Å². The molecule has 0 unspecified atom stereocenters. The number of aliphatic hydroxyl groups excluding tert-OH is 2. The number of nitrogens with one attached hydrogen (secondary N) is 15. The number of unbranched alkanes of at least 4 members (excludes halogenated alkanes) is 1. The zero-order chi connectivity index (χ0) is 89.6. The highest BCUT2D eigenvalue weighted by Gasteiger charge is 2.40. The van der Waals surface area contributed by atoms with Crippen LogP contribution < -0.4 is 96.6 Å². The summed E-state index contributed by atoms with van der Waals surface area (Å²) in [7, 11) is -5.16. The average Bonchev–Trinajstić information content (AvgIpc) is 0.843. The van der Waals surface area contributed by atoms with Crippen LogP contribution in [-0.2, 0) is 95.7 Å². The number of phenols is 2. The van der Waals surface area contributed by atoms with Crippen LogP contribution in [0.1, 0.15) is 121 Å². The second-order valence-electron chi connectivity index (χ2n) is 27.8. The molecule has 0 bridgehead atoms. The lowest BCUT2D eigenvalue weighted by molar-refractivity contribution is -0.143. The minimum absolute atomic E-state index is 0.00904. The summed E-state index contributed by atoms with van der Waals surface area (Å²) in [4.78, 5) is 226. The van der Waals surface area contributed by atoms with Crippen molar-refractivity contribution in [2.45, 2.75) is 209 Å². The van der Waals surface area contributed by atoms with Gasteiger partial charge in [-0.3, -0.25) is 87.7 Å². The van der Waals surface area contributed by atoms with E-state index in [4.69, 9.17) is 33.8 Å². The summed E-state index contributed by atoms with van der Waals surface area (Å²) in [5.41, 5.74) is 22.6. The van der Waals surface area contributed by atoms with Crippen LogP contribution in [0.15, 0.2) is 72.8 Å². The lowest BCUT2D eigenvalue weighted by atomic mass is 9.96. The molecular formula is C72H108N19O27P. The third-order valence-electron chi connectivity index (χ3n) is 18.0. The van der Waals surface area contributed by atoms with Crippen molar-refractivity contribution in [1.29, 1.82) is 10.8 Å². The molecule has 3 aromatic carbocycles. The topological polar surface area (TPSA) is 793 Å². The summed E-state index contributed by atoms with van der Waals surface area (Å²) in [6.45, 7) is 5.27. The van der Waals surface area contributed by atoms with Crippen molar-refractivity contribution in [3.8, 4) is 17.2 Å². The molecule has 3 rings (SSSR count). The molecule has 0 spiro atoms.